The van der Waals surface area contributed by atoms with Gasteiger partial charge in [-0.1, -0.05) is 11.6 Å². The van der Waals surface area contributed by atoms with Crippen LogP contribution in [0, 0.1) is 0 Å². The zero-order valence-corrected chi connectivity index (χ0v) is 18.2. The molecule has 0 radical (unpaired) electrons. The average molecular weight is 516 g/mol. The first-order chi connectivity index (χ1) is 15.8. The number of halogens is 7. The van der Waals surface area contributed by atoms with Gasteiger partial charge in [0.05, 0.1) is 13.2 Å². The Bertz CT molecular complexity index is 1040. The van der Waals surface area contributed by atoms with Gasteiger partial charge in [0, 0.05) is 5.02 Å². The van der Waals surface area contributed by atoms with E-state index < -0.39 is 72.6 Å². The molecule has 0 aliphatic rings. The predicted octanol–water partition coefficient (Wildman–Crippen LogP) is 5.33. The summed E-state index contributed by atoms with van der Waals surface area (Å²) < 4.78 is 101. The molecule has 34 heavy (non-hydrogen) atoms. The van der Waals surface area contributed by atoms with Crippen molar-refractivity contribution in [1.82, 2.24) is 4.98 Å². The maximum atomic E-state index is 13.6. The molecule has 0 N–H and O–H groups in total. The van der Waals surface area contributed by atoms with Crippen LogP contribution in [-0.2, 0) is 21.9 Å². The first kappa shape index (κ1) is 27.0. The second-order valence-corrected chi connectivity index (χ2v) is 6.64. The number of hydrogen-bond acceptors (Lipinski definition) is 7. The summed E-state index contributed by atoms with van der Waals surface area (Å²) in [4.78, 5) is 27.2. The lowest BCUT2D eigenvalue weighted by molar-refractivity contribution is -0.152. The number of hydrogen-bond donors (Lipinski definition) is 0. The van der Waals surface area contributed by atoms with Crippen molar-refractivity contribution in [1.29, 1.82) is 0 Å². The molecule has 0 atom stereocenters. The summed E-state index contributed by atoms with van der Waals surface area (Å²) >= 11 is 5.71. The lowest BCUT2D eigenvalue weighted by Gasteiger charge is -2.21. The van der Waals surface area contributed by atoms with Crippen LogP contribution in [0.5, 0.6) is 17.2 Å². The van der Waals surface area contributed by atoms with Crippen LogP contribution < -0.4 is 14.2 Å². The van der Waals surface area contributed by atoms with Crippen molar-refractivity contribution in [2.75, 3.05) is 19.8 Å². The molecule has 0 fully saturated rings. The summed E-state index contributed by atoms with van der Waals surface area (Å²) in [6.45, 7) is 0.591. The molecule has 7 nitrogen and oxygen atoms in total. The Labute approximate surface area is 193 Å². The van der Waals surface area contributed by atoms with E-state index in [0.29, 0.717) is 5.02 Å². The van der Waals surface area contributed by atoms with Crippen LogP contribution in [-0.4, -0.2) is 36.7 Å². The van der Waals surface area contributed by atoms with Crippen LogP contribution in [0.25, 0.3) is 0 Å². The van der Waals surface area contributed by atoms with Crippen LogP contribution in [0.4, 0.5) is 26.3 Å². The Balaban J connectivity index is 2.63. The number of rotatable bonds is 8. The number of carbonyl (C=O) groups is 2. The standard InChI is InChI=1S/C20H16ClF6NO6/c1-3-31-15-14(34-12(29)9-33-11-7-5-10(21)6-8-11)13(18(30)32-4-2)16(19(22,23)24)28-17(15)20(25,26)27/h5-8H,3-4,9H2,1-2H3. The first-order valence-electron chi connectivity index (χ1n) is 9.40. The number of aromatic nitrogens is 1. The summed E-state index contributed by atoms with van der Waals surface area (Å²) in [5.41, 5.74) is -5.95. The molecule has 1 aromatic heterocycles. The molecule has 0 aliphatic heterocycles. The lowest BCUT2D eigenvalue weighted by Crippen LogP contribution is -2.26. The molecule has 0 saturated heterocycles. The number of alkyl halides is 6. The van der Waals surface area contributed by atoms with E-state index in [-0.39, 0.29) is 5.75 Å². The topological polar surface area (TPSA) is 84.0 Å². The second kappa shape index (κ2) is 10.8. The van der Waals surface area contributed by atoms with Gasteiger partial charge in [0.1, 0.15) is 11.3 Å². The van der Waals surface area contributed by atoms with E-state index in [1.165, 1.54) is 38.1 Å². The van der Waals surface area contributed by atoms with E-state index in [4.69, 9.17) is 25.8 Å². The van der Waals surface area contributed by atoms with Gasteiger partial charge in [0.25, 0.3) is 0 Å². The number of carbonyl (C=O) groups excluding carboxylic acids is 2. The third-order valence-electron chi connectivity index (χ3n) is 3.80. The molecule has 14 heteroatoms. The van der Waals surface area contributed by atoms with Gasteiger partial charge in [0.15, 0.2) is 29.5 Å². The lowest BCUT2D eigenvalue weighted by atomic mass is 10.1. The van der Waals surface area contributed by atoms with Crippen molar-refractivity contribution in [3.63, 3.8) is 0 Å². The van der Waals surface area contributed by atoms with Gasteiger partial charge < -0.3 is 18.9 Å². The number of ether oxygens (including phenoxy) is 4. The number of esters is 2. The Kier molecular flexibility index (Phi) is 8.59. The van der Waals surface area contributed by atoms with Crippen LogP contribution in [0.15, 0.2) is 24.3 Å². The van der Waals surface area contributed by atoms with Gasteiger partial charge in [-0.3, -0.25) is 0 Å². The van der Waals surface area contributed by atoms with Gasteiger partial charge in [-0.2, -0.15) is 26.3 Å². The molecule has 0 unspecified atom stereocenters. The molecule has 0 spiro atoms. The Morgan fingerprint density at radius 2 is 1.47 bits per heavy atom. The maximum absolute atomic E-state index is 13.6. The highest BCUT2D eigenvalue weighted by Crippen LogP contribution is 2.47. The van der Waals surface area contributed by atoms with Crippen molar-refractivity contribution in [2.45, 2.75) is 26.2 Å². The summed E-state index contributed by atoms with van der Waals surface area (Å²) in [5, 5.41) is 0.339. The fourth-order valence-corrected chi connectivity index (χ4v) is 2.65. The van der Waals surface area contributed by atoms with Crippen molar-refractivity contribution in [3.8, 4) is 17.2 Å². The fourth-order valence-electron chi connectivity index (χ4n) is 2.53. The van der Waals surface area contributed by atoms with Gasteiger partial charge >= 0.3 is 24.3 Å². The highest BCUT2D eigenvalue weighted by molar-refractivity contribution is 6.30. The summed E-state index contributed by atoms with van der Waals surface area (Å²) in [6, 6.07) is 5.51. The van der Waals surface area contributed by atoms with Crippen molar-refractivity contribution in [2.24, 2.45) is 0 Å². The fraction of sp³-hybridized carbons (Fsp3) is 0.350. The summed E-state index contributed by atoms with van der Waals surface area (Å²) in [6.07, 6.45) is -11.0. The van der Waals surface area contributed by atoms with Crippen LogP contribution in [0.2, 0.25) is 5.02 Å². The van der Waals surface area contributed by atoms with Crippen LogP contribution >= 0.6 is 11.6 Å². The highest BCUT2D eigenvalue weighted by atomic mass is 35.5. The predicted molar refractivity (Wildman–Crippen MR) is 104 cm³/mol. The normalized spacial score (nSPS) is 11.7. The molecule has 1 aromatic carbocycles. The van der Waals surface area contributed by atoms with Gasteiger partial charge in [-0.05, 0) is 38.1 Å². The molecule has 186 valence electrons. The molecule has 0 aliphatic carbocycles. The zero-order valence-electron chi connectivity index (χ0n) is 17.5. The maximum Gasteiger partial charge on any atom is 0.437 e. The monoisotopic (exact) mass is 515 g/mol. The van der Waals surface area contributed by atoms with E-state index in [1.807, 2.05) is 0 Å². The van der Waals surface area contributed by atoms with Gasteiger partial charge in [0.2, 0.25) is 0 Å². The van der Waals surface area contributed by atoms with Crippen molar-refractivity contribution in [3.05, 3.63) is 46.2 Å². The Morgan fingerprint density at radius 3 is 1.97 bits per heavy atom. The smallest absolute Gasteiger partial charge is 0.437 e. The number of pyridine rings is 1. The molecule has 0 bridgehead atoms. The minimum absolute atomic E-state index is 0.0960. The van der Waals surface area contributed by atoms with E-state index in [0.717, 1.165) is 0 Å². The highest BCUT2D eigenvalue weighted by Gasteiger charge is 2.48. The summed E-state index contributed by atoms with van der Waals surface area (Å²) in [7, 11) is 0. The quantitative estimate of drug-likeness (QED) is 0.347. The molecule has 0 saturated carbocycles. The molecule has 2 rings (SSSR count). The molecule has 1 heterocycles. The SMILES string of the molecule is CCOC(=O)c1c(C(F)(F)F)nc(C(F)(F)F)c(OCC)c1OC(=O)COc1ccc(Cl)cc1. The van der Waals surface area contributed by atoms with Crippen LogP contribution in [0.3, 0.4) is 0 Å². The van der Waals surface area contributed by atoms with Gasteiger partial charge in [-0.15, -0.1) is 0 Å². The molecular weight excluding hydrogens is 500 g/mol. The van der Waals surface area contributed by atoms with E-state index in [9.17, 15) is 35.9 Å². The summed E-state index contributed by atoms with van der Waals surface area (Å²) in [5.74, 6) is -5.89. The van der Waals surface area contributed by atoms with Gasteiger partial charge in [-0.25, -0.2) is 14.6 Å². The second-order valence-electron chi connectivity index (χ2n) is 6.21. The average Bonchev–Trinajstić information content (AvgIpc) is 2.72. The van der Waals surface area contributed by atoms with Crippen LogP contribution in [0.1, 0.15) is 35.6 Å². The van der Waals surface area contributed by atoms with E-state index >= 15 is 0 Å². The Morgan fingerprint density at radius 1 is 0.882 bits per heavy atom. The third kappa shape index (κ3) is 6.65. The zero-order chi connectivity index (χ0) is 25.7. The van der Waals surface area contributed by atoms with Crippen molar-refractivity contribution >= 4 is 23.5 Å². The van der Waals surface area contributed by atoms with E-state index in [1.54, 1.807) is 0 Å². The minimum atomic E-state index is -5.55. The van der Waals surface area contributed by atoms with Crippen molar-refractivity contribution < 1.29 is 54.9 Å². The third-order valence-corrected chi connectivity index (χ3v) is 4.05. The van der Waals surface area contributed by atoms with E-state index in [2.05, 4.69) is 9.72 Å². The number of nitrogens with zero attached hydrogens (tertiary/aromatic N) is 1. The Hall–Kier alpha value is -3.22. The molecule has 0 amide bonds. The molecule has 2 aromatic rings. The molecular formula is C20H16ClF6NO6. The largest absolute Gasteiger partial charge is 0.488 e. The number of benzene rings is 1. The first-order valence-corrected chi connectivity index (χ1v) is 9.78. The minimum Gasteiger partial charge on any atom is -0.488 e.